The van der Waals surface area contributed by atoms with Gasteiger partial charge in [0.1, 0.15) is 0 Å². The number of rotatable bonds is 3. The Morgan fingerprint density at radius 2 is 2.55 bits per heavy atom. The molecule has 1 rings (SSSR count). The largest absolute Gasteiger partial charge is 0.353 e. The standard InChI is InChI=1S/C7H7FN2O.H2/c8-7-3-1-2-6(10-7)4-9-5-11;/h1-3,5H,4H2,(H,9,11);1H. The minimum Gasteiger partial charge on any atom is -0.353 e. The predicted octanol–water partition coefficient (Wildman–Crippen LogP) is 0.713. The minimum absolute atomic E-state index is 0. The van der Waals surface area contributed by atoms with Crippen LogP contribution in [0.15, 0.2) is 18.2 Å². The van der Waals surface area contributed by atoms with Crippen LogP contribution in [-0.2, 0) is 11.3 Å². The highest BCUT2D eigenvalue weighted by Crippen LogP contribution is 1.95. The molecule has 0 atom stereocenters. The van der Waals surface area contributed by atoms with Crippen LogP contribution in [0.3, 0.4) is 0 Å². The summed E-state index contributed by atoms with van der Waals surface area (Å²) in [6.07, 6.45) is 0.548. The van der Waals surface area contributed by atoms with Crippen molar-refractivity contribution in [2.75, 3.05) is 0 Å². The third-order valence-corrected chi connectivity index (χ3v) is 1.14. The summed E-state index contributed by atoms with van der Waals surface area (Å²) in [4.78, 5) is 13.4. The van der Waals surface area contributed by atoms with Gasteiger partial charge in [0, 0.05) is 1.43 Å². The van der Waals surface area contributed by atoms with E-state index in [1.165, 1.54) is 6.07 Å². The van der Waals surface area contributed by atoms with Gasteiger partial charge in [0.15, 0.2) is 0 Å². The molecule has 3 nitrogen and oxygen atoms in total. The Bertz CT molecular complexity index is 257. The van der Waals surface area contributed by atoms with Gasteiger partial charge in [-0.15, -0.1) is 0 Å². The smallest absolute Gasteiger partial charge is 0.213 e. The SMILES string of the molecule is O=CNCc1cccc(F)n1.[HH]. The van der Waals surface area contributed by atoms with Gasteiger partial charge < -0.3 is 5.32 Å². The van der Waals surface area contributed by atoms with Crippen molar-refractivity contribution in [1.29, 1.82) is 0 Å². The van der Waals surface area contributed by atoms with Crippen LogP contribution < -0.4 is 5.32 Å². The van der Waals surface area contributed by atoms with E-state index in [0.717, 1.165) is 0 Å². The second-order valence-electron chi connectivity index (χ2n) is 1.95. The Morgan fingerprint density at radius 1 is 1.73 bits per heavy atom. The number of halogens is 1. The van der Waals surface area contributed by atoms with Crippen LogP contribution >= 0.6 is 0 Å². The quantitative estimate of drug-likeness (QED) is 0.517. The van der Waals surface area contributed by atoms with E-state index in [2.05, 4.69) is 10.3 Å². The molecule has 0 saturated heterocycles. The molecule has 1 amide bonds. The van der Waals surface area contributed by atoms with Crippen LogP contribution in [0.2, 0.25) is 0 Å². The van der Waals surface area contributed by atoms with Crippen LogP contribution in [0.5, 0.6) is 0 Å². The lowest BCUT2D eigenvalue weighted by molar-refractivity contribution is -0.109. The Labute approximate surface area is 64.7 Å². The zero-order valence-electron chi connectivity index (χ0n) is 5.75. The molecule has 0 aliphatic carbocycles. The van der Waals surface area contributed by atoms with Crippen LogP contribution in [-0.4, -0.2) is 11.4 Å². The van der Waals surface area contributed by atoms with Crippen LogP contribution in [0.25, 0.3) is 0 Å². The average molecular weight is 156 g/mol. The number of nitrogens with one attached hydrogen (secondary N) is 1. The molecule has 0 aliphatic heterocycles. The van der Waals surface area contributed by atoms with Crippen molar-refractivity contribution in [2.24, 2.45) is 0 Å². The van der Waals surface area contributed by atoms with E-state index in [-0.39, 0.29) is 7.97 Å². The van der Waals surface area contributed by atoms with Crippen molar-refractivity contribution in [3.05, 3.63) is 29.8 Å². The van der Waals surface area contributed by atoms with Gasteiger partial charge in [-0.2, -0.15) is 4.39 Å². The zero-order chi connectivity index (χ0) is 8.10. The minimum atomic E-state index is -0.532. The summed E-state index contributed by atoms with van der Waals surface area (Å²) in [5, 5.41) is 2.38. The Morgan fingerprint density at radius 3 is 3.18 bits per heavy atom. The Balaban J connectivity index is 0.00000121. The summed E-state index contributed by atoms with van der Waals surface area (Å²) in [6, 6.07) is 4.44. The van der Waals surface area contributed by atoms with Crippen LogP contribution in [0.4, 0.5) is 4.39 Å². The van der Waals surface area contributed by atoms with Gasteiger partial charge in [0.25, 0.3) is 0 Å². The predicted molar refractivity (Wildman–Crippen MR) is 39.2 cm³/mol. The van der Waals surface area contributed by atoms with E-state index in [0.29, 0.717) is 12.1 Å². The molecule has 1 aromatic rings. The van der Waals surface area contributed by atoms with Crippen molar-refractivity contribution in [3.63, 3.8) is 0 Å². The molecular weight excluding hydrogens is 147 g/mol. The van der Waals surface area contributed by atoms with Gasteiger partial charge in [-0.3, -0.25) is 4.79 Å². The monoisotopic (exact) mass is 156 g/mol. The highest BCUT2D eigenvalue weighted by Gasteiger charge is 1.93. The molecule has 4 heteroatoms. The second kappa shape index (κ2) is 3.65. The molecule has 0 fully saturated rings. The summed E-state index contributed by atoms with van der Waals surface area (Å²) in [7, 11) is 0. The fourth-order valence-electron chi connectivity index (χ4n) is 0.695. The molecule has 0 saturated carbocycles. The topological polar surface area (TPSA) is 42.0 Å². The Hall–Kier alpha value is -1.45. The van der Waals surface area contributed by atoms with E-state index in [9.17, 15) is 9.18 Å². The maximum atomic E-state index is 12.4. The molecule has 0 aromatic carbocycles. The molecule has 0 bridgehead atoms. The van der Waals surface area contributed by atoms with Crippen molar-refractivity contribution in [1.82, 2.24) is 10.3 Å². The third-order valence-electron chi connectivity index (χ3n) is 1.14. The number of nitrogens with zero attached hydrogens (tertiary/aromatic N) is 1. The van der Waals surface area contributed by atoms with Crippen LogP contribution in [0, 0.1) is 5.95 Å². The number of pyridine rings is 1. The molecule has 0 spiro atoms. The lowest BCUT2D eigenvalue weighted by atomic mass is 10.3. The first-order valence-electron chi connectivity index (χ1n) is 3.11. The number of hydrogen-bond acceptors (Lipinski definition) is 2. The summed E-state index contributed by atoms with van der Waals surface area (Å²) in [5.41, 5.74) is 0.511. The van der Waals surface area contributed by atoms with Gasteiger partial charge in [0.05, 0.1) is 12.2 Å². The van der Waals surface area contributed by atoms with Gasteiger partial charge in [-0.05, 0) is 12.1 Å². The van der Waals surface area contributed by atoms with Crippen molar-refractivity contribution >= 4 is 6.41 Å². The maximum absolute atomic E-state index is 12.4. The van der Waals surface area contributed by atoms with E-state index in [1.807, 2.05) is 0 Å². The number of hydrogen-bond donors (Lipinski definition) is 1. The molecule has 1 heterocycles. The summed E-state index contributed by atoms with van der Waals surface area (Å²) in [5.74, 6) is -0.532. The summed E-state index contributed by atoms with van der Waals surface area (Å²) in [6.45, 7) is 0.265. The van der Waals surface area contributed by atoms with E-state index in [1.54, 1.807) is 12.1 Å². The first kappa shape index (κ1) is 7.65. The lowest BCUT2D eigenvalue weighted by Crippen LogP contribution is -2.11. The van der Waals surface area contributed by atoms with Crippen LogP contribution in [0.1, 0.15) is 7.12 Å². The fraction of sp³-hybridized carbons (Fsp3) is 0.143. The number of carbonyl (C=O) groups is 1. The van der Waals surface area contributed by atoms with Gasteiger partial charge in [-0.1, -0.05) is 6.07 Å². The number of carbonyl (C=O) groups excluding carboxylic acids is 1. The van der Waals surface area contributed by atoms with E-state index >= 15 is 0 Å². The molecule has 0 radical (unpaired) electrons. The van der Waals surface area contributed by atoms with Gasteiger partial charge in [0.2, 0.25) is 12.4 Å². The molecule has 0 aliphatic rings. The van der Waals surface area contributed by atoms with Crippen molar-refractivity contribution in [2.45, 2.75) is 6.54 Å². The normalized spacial score (nSPS) is 9.18. The molecule has 1 N–H and O–H groups in total. The van der Waals surface area contributed by atoms with Crippen molar-refractivity contribution < 1.29 is 10.6 Å². The third kappa shape index (κ3) is 2.33. The first-order valence-corrected chi connectivity index (χ1v) is 3.11. The van der Waals surface area contributed by atoms with E-state index in [4.69, 9.17) is 0 Å². The lowest BCUT2D eigenvalue weighted by Gasteiger charge is -1.96. The van der Waals surface area contributed by atoms with Gasteiger partial charge >= 0.3 is 0 Å². The molecule has 11 heavy (non-hydrogen) atoms. The van der Waals surface area contributed by atoms with Crippen molar-refractivity contribution in [3.8, 4) is 0 Å². The average Bonchev–Trinajstić information content (AvgIpc) is 2.01. The second-order valence-corrected chi connectivity index (χ2v) is 1.95. The zero-order valence-corrected chi connectivity index (χ0v) is 5.75. The highest BCUT2D eigenvalue weighted by molar-refractivity contribution is 5.45. The number of aromatic nitrogens is 1. The summed E-state index contributed by atoms with van der Waals surface area (Å²) >= 11 is 0. The fourth-order valence-corrected chi connectivity index (χ4v) is 0.695. The first-order chi connectivity index (χ1) is 5.33. The maximum Gasteiger partial charge on any atom is 0.213 e. The summed E-state index contributed by atoms with van der Waals surface area (Å²) < 4.78 is 12.4. The number of amides is 1. The molecule has 1 aromatic heterocycles. The molecule has 60 valence electrons. The Kier molecular flexibility index (Phi) is 2.54. The van der Waals surface area contributed by atoms with Gasteiger partial charge in [-0.25, -0.2) is 4.98 Å². The highest BCUT2D eigenvalue weighted by atomic mass is 19.1. The molecular formula is C7H9FN2O. The molecule has 0 unspecified atom stereocenters. The van der Waals surface area contributed by atoms with E-state index < -0.39 is 5.95 Å².